The third-order valence-electron chi connectivity index (χ3n) is 3.14. The summed E-state index contributed by atoms with van der Waals surface area (Å²) in [7, 11) is 0. The lowest BCUT2D eigenvalue weighted by atomic mass is 10.0. The van der Waals surface area contributed by atoms with Crippen LogP contribution in [0, 0.1) is 0 Å². The zero-order valence-electron chi connectivity index (χ0n) is 10.6. The Hall–Kier alpha value is -2.63. The largest absolute Gasteiger partial charge is 0.416 e. The first-order valence-corrected chi connectivity index (χ1v) is 6.10. The Bertz CT molecular complexity index is 863. The van der Waals surface area contributed by atoms with Gasteiger partial charge in [0.15, 0.2) is 0 Å². The van der Waals surface area contributed by atoms with Crippen LogP contribution in [0.15, 0.2) is 53.6 Å². The lowest BCUT2D eigenvalue weighted by Gasteiger charge is -2.10. The number of benzene rings is 1. The topological polar surface area (TPSA) is 45.8 Å². The molecule has 0 spiro atoms. The third kappa shape index (κ3) is 2.52. The average molecular weight is 290 g/mol. The molecule has 0 aliphatic carbocycles. The molecule has 0 aliphatic rings. The number of aromatic amines is 1. The summed E-state index contributed by atoms with van der Waals surface area (Å²) in [4.78, 5) is 17.9. The standard InChI is InChI=1S/C15H9F3N2O/c16-15(17,18)10-6-13(20-14(21)7-10)12-3-1-2-9-8-19-5-4-11(9)12/h1-8H,(H,20,21). The van der Waals surface area contributed by atoms with Gasteiger partial charge in [0.05, 0.1) is 5.56 Å². The number of aromatic nitrogens is 2. The normalized spacial score (nSPS) is 11.8. The SMILES string of the molecule is O=c1cc(C(F)(F)F)cc(-c2cccc3cnccc23)[nH]1. The van der Waals surface area contributed by atoms with E-state index in [1.807, 2.05) is 0 Å². The van der Waals surface area contributed by atoms with Crippen molar-refractivity contribution in [3.05, 3.63) is 64.7 Å². The lowest BCUT2D eigenvalue weighted by Crippen LogP contribution is -2.13. The molecule has 0 saturated carbocycles. The summed E-state index contributed by atoms with van der Waals surface area (Å²) >= 11 is 0. The number of pyridine rings is 2. The Morgan fingerprint density at radius 3 is 2.67 bits per heavy atom. The van der Waals surface area contributed by atoms with Gasteiger partial charge in [0.2, 0.25) is 5.56 Å². The lowest BCUT2D eigenvalue weighted by molar-refractivity contribution is -0.137. The van der Waals surface area contributed by atoms with Crippen molar-refractivity contribution in [3.63, 3.8) is 0 Å². The second kappa shape index (κ2) is 4.73. The van der Waals surface area contributed by atoms with Crippen molar-refractivity contribution in [2.24, 2.45) is 0 Å². The molecule has 21 heavy (non-hydrogen) atoms. The molecule has 0 aliphatic heterocycles. The molecule has 1 N–H and O–H groups in total. The van der Waals surface area contributed by atoms with Gasteiger partial charge in [0.25, 0.3) is 0 Å². The molecule has 2 aromatic heterocycles. The molecule has 3 aromatic rings. The predicted molar refractivity (Wildman–Crippen MR) is 72.8 cm³/mol. The molecule has 6 heteroatoms. The quantitative estimate of drug-likeness (QED) is 0.744. The van der Waals surface area contributed by atoms with Crippen LogP contribution in [-0.4, -0.2) is 9.97 Å². The van der Waals surface area contributed by atoms with Crippen molar-refractivity contribution < 1.29 is 13.2 Å². The highest BCUT2D eigenvalue weighted by atomic mass is 19.4. The minimum atomic E-state index is -4.56. The molecule has 1 aromatic carbocycles. The second-order valence-electron chi connectivity index (χ2n) is 4.55. The molecule has 0 atom stereocenters. The second-order valence-corrected chi connectivity index (χ2v) is 4.55. The van der Waals surface area contributed by atoms with Crippen LogP contribution in [0.25, 0.3) is 22.0 Å². The number of rotatable bonds is 1. The van der Waals surface area contributed by atoms with E-state index in [0.29, 0.717) is 11.6 Å². The Morgan fingerprint density at radius 2 is 1.90 bits per heavy atom. The number of hydrogen-bond acceptors (Lipinski definition) is 2. The zero-order valence-corrected chi connectivity index (χ0v) is 10.6. The molecule has 0 fully saturated rings. The van der Waals surface area contributed by atoms with Crippen LogP contribution in [0.5, 0.6) is 0 Å². The monoisotopic (exact) mass is 290 g/mol. The number of hydrogen-bond donors (Lipinski definition) is 1. The molecule has 0 saturated heterocycles. The fraction of sp³-hybridized carbons (Fsp3) is 0.0667. The van der Waals surface area contributed by atoms with Crippen molar-refractivity contribution in [3.8, 4) is 11.3 Å². The summed E-state index contributed by atoms with van der Waals surface area (Å²) in [5.74, 6) is 0. The van der Waals surface area contributed by atoms with Gasteiger partial charge in [0, 0.05) is 35.1 Å². The van der Waals surface area contributed by atoms with E-state index in [9.17, 15) is 18.0 Å². The fourth-order valence-electron chi connectivity index (χ4n) is 2.21. The molecule has 0 unspecified atom stereocenters. The van der Waals surface area contributed by atoms with Crippen LogP contribution in [0.4, 0.5) is 13.2 Å². The van der Waals surface area contributed by atoms with Gasteiger partial charge in [-0.2, -0.15) is 13.2 Å². The van der Waals surface area contributed by atoms with Crippen LogP contribution in [0.2, 0.25) is 0 Å². The minimum Gasteiger partial charge on any atom is -0.322 e. The average Bonchev–Trinajstić information content (AvgIpc) is 2.45. The summed E-state index contributed by atoms with van der Waals surface area (Å²) in [5, 5.41) is 1.51. The Kier molecular flexibility index (Phi) is 3.01. The number of fused-ring (bicyclic) bond motifs is 1. The van der Waals surface area contributed by atoms with Gasteiger partial charge in [-0.3, -0.25) is 9.78 Å². The van der Waals surface area contributed by atoms with Gasteiger partial charge in [-0.05, 0) is 17.5 Å². The van der Waals surface area contributed by atoms with Gasteiger partial charge >= 0.3 is 6.18 Å². The predicted octanol–water partition coefficient (Wildman–Crippen LogP) is 3.61. The first-order valence-electron chi connectivity index (χ1n) is 6.10. The summed E-state index contributed by atoms with van der Waals surface area (Å²) in [5.41, 5.74) is -1.09. The third-order valence-corrected chi connectivity index (χ3v) is 3.14. The van der Waals surface area contributed by atoms with Gasteiger partial charge in [-0.1, -0.05) is 18.2 Å². The molecule has 0 amide bonds. The summed E-state index contributed by atoms with van der Waals surface area (Å²) in [6.07, 6.45) is -1.39. The number of H-pyrrole nitrogens is 1. The van der Waals surface area contributed by atoms with Gasteiger partial charge in [-0.15, -0.1) is 0 Å². The molecule has 106 valence electrons. The summed E-state index contributed by atoms with van der Waals surface area (Å²) < 4.78 is 38.4. The maximum atomic E-state index is 12.8. The van der Waals surface area contributed by atoms with E-state index >= 15 is 0 Å². The van der Waals surface area contributed by atoms with Crippen LogP contribution in [-0.2, 0) is 6.18 Å². The molecule has 2 heterocycles. The fourth-order valence-corrected chi connectivity index (χ4v) is 2.21. The summed E-state index contributed by atoms with van der Waals surface area (Å²) in [6, 6.07) is 8.36. The van der Waals surface area contributed by atoms with Crippen molar-refractivity contribution in [2.75, 3.05) is 0 Å². The van der Waals surface area contributed by atoms with E-state index < -0.39 is 17.3 Å². The highest BCUT2D eigenvalue weighted by Gasteiger charge is 2.31. The van der Waals surface area contributed by atoms with E-state index in [1.165, 1.54) is 0 Å². The first-order chi connectivity index (χ1) is 9.95. The van der Waals surface area contributed by atoms with Gasteiger partial charge in [-0.25, -0.2) is 0 Å². The van der Waals surface area contributed by atoms with Crippen molar-refractivity contribution in [2.45, 2.75) is 6.18 Å². The zero-order chi connectivity index (χ0) is 15.0. The van der Waals surface area contributed by atoms with Crippen molar-refractivity contribution in [1.82, 2.24) is 9.97 Å². The molecular formula is C15H9F3N2O. The van der Waals surface area contributed by atoms with Crippen LogP contribution in [0.1, 0.15) is 5.56 Å². The van der Waals surface area contributed by atoms with E-state index in [2.05, 4.69) is 9.97 Å². The van der Waals surface area contributed by atoms with E-state index in [0.717, 1.165) is 16.8 Å². The number of halogens is 3. The van der Waals surface area contributed by atoms with Crippen LogP contribution in [0.3, 0.4) is 0 Å². The Balaban J connectivity index is 2.29. The highest BCUT2D eigenvalue weighted by Crippen LogP contribution is 2.32. The van der Waals surface area contributed by atoms with Crippen molar-refractivity contribution in [1.29, 1.82) is 0 Å². The summed E-state index contributed by atoms with van der Waals surface area (Å²) in [6.45, 7) is 0. The van der Waals surface area contributed by atoms with Gasteiger partial charge in [0.1, 0.15) is 0 Å². The maximum Gasteiger partial charge on any atom is 0.416 e. The molecule has 3 nitrogen and oxygen atoms in total. The number of nitrogens with one attached hydrogen (secondary N) is 1. The molecule has 0 radical (unpaired) electrons. The Morgan fingerprint density at radius 1 is 1.10 bits per heavy atom. The van der Waals surface area contributed by atoms with E-state index in [-0.39, 0.29) is 5.69 Å². The maximum absolute atomic E-state index is 12.8. The van der Waals surface area contributed by atoms with Gasteiger partial charge < -0.3 is 4.98 Å². The number of alkyl halides is 3. The van der Waals surface area contributed by atoms with Crippen LogP contribution < -0.4 is 5.56 Å². The Labute approximate surface area is 117 Å². The highest BCUT2D eigenvalue weighted by molar-refractivity contribution is 5.95. The number of nitrogens with zero attached hydrogens (tertiary/aromatic N) is 1. The van der Waals surface area contributed by atoms with E-state index in [4.69, 9.17) is 0 Å². The minimum absolute atomic E-state index is 0.131. The first kappa shape index (κ1) is 13.4. The van der Waals surface area contributed by atoms with Crippen molar-refractivity contribution >= 4 is 10.8 Å². The molecule has 0 bridgehead atoms. The van der Waals surface area contributed by atoms with E-state index in [1.54, 1.807) is 36.7 Å². The smallest absolute Gasteiger partial charge is 0.322 e. The van der Waals surface area contributed by atoms with Crippen LogP contribution >= 0.6 is 0 Å². The molecule has 3 rings (SSSR count). The molecular weight excluding hydrogens is 281 g/mol.